The second kappa shape index (κ2) is 9.59. The maximum atomic E-state index is 12.9. The first-order valence-electron chi connectivity index (χ1n) is 10.3. The van der Waals surface area contributed by atoms with Gasteiger partial charge in [0.25, 0.3) is 0 Å². The van der Waals surface area contributed by atoms with Crippen LogP contribution in [0.4, 0.5) is 13.2 Å². The molecule has 2 aromatic rings. The summed E-state index contributed by atoms with van der Waals surface area (Å²) in [7, 11) is 0. The van der Waals surface area contributed by atoms with Gasteiger partial charge in [0.2, 0.25) is 11.8 Å². The number of halogens is 3. The Balaban J connectivity index is 1.60. The largest absolute Gasteiger partial charge is 0.416 e. The predicted octanol–water partition coefficient (Wildman–Crippen LogP) is 3.76. The van der Waals surface area contributed by atoms with Crippen LogP contribution >= 0.6 is 0 Å². The van der Waals surface area contributed by atoms with E-state index in [0.29, 0.717) is 43.5 Å². The lowest BCUT2D eigenvalue weighted by atomic mass is 9.96. The Morgan fingerprint density at radius 3 is 2.77 bits per heavy atom. The van der Waals surface area contributed by atoms with Crippen molar-refractivity contribution in [3.05, 3.63) is 47.1 Å². The zero-order valence-corrected chi connectivity index (χ0v) is 17.3. The van der Waals surface area contributed by atoms with Crippen molar-refractivity contribution in [3.8, 4) is 0 Å². The lowest BCUT2D eigenvalue weighted by Crippen LogP contribution is -2.44. The monoisotopic (exact) mass is 424 g/mol. The highest BCUT2D eigenvalue weighted by atomic mass is 19.4. The third kappa shape index (κ3) is 5.59. The molecule has 1 aliphatic rings. The number of rotatable bonds is 7. The highest BCUT2D eigenvalue weighted by Crippen LogP contribution is 2.30. The molecule has 0 unspecified atom stereocenters. The zero-order chi connectivity index (χ0) is 21.7. The number of alkyl halides is 3. The van der Waals surface area contributed by atoms with E-state index in [4.69, 9.17) is 4.52 Å². The fourth-order valence-electron chi connectivity index (χ4n) is 3.85. The molecule has 1 fully saturated rings. The quantitative estimate of drug-likeness (QED) is 0.677. The molecule has 0 aliphatic carbocycles. The summed E-state index contributed by atoms with van der Waals surface area (Å²) in [5, 5.41) is 3.91. The van der Waals surface area contributed by atoms with E-state index in [2.05, 4.69) is 15.0 Å². The number of piperidine rings is 1. The first-order valence-corrected chi connectivity index (χ1v) is 10.3. The Labute approximate surface area is 174 Å². The van der Waals surface area contributed by atoms with Gasteiger partial charge < -0.3 is 9.42 Å². The predicted molar refractivity (Wildman–Crippen MR) is 104 cm³/mol. The van der Waals surface area contributed by atoms with Crippen LogP contribution < -0.4 is 0 Å². The molecule has 1 amide bonds. The van der Waals surface area contributed by atoms with Crippen molar-refractivity contribution in [1.29, 1.82) is 0 Å². The van der Waals surface area contributed by atoms with Gasteiger partial charge >= 0.3 is 6.18 Å². The Morgan fingerprint density at radius 2 is 2.07 bits per heavy atom. The lowest BCUT2D eigenvalue weighted by Gasteiger charge is -2.33. The number of nitrogens with zero attached hydrogens (tertiary/aromatic N) is 4. The van der Waals surface area contributed by atoms with Crippen LogP contribution in [0.1, 0.15) is 49.5 Å². The number of likely N-dealkylation sites (tertiary alicyclic amines) is 1. The first kappa shape index (κ1) is 22.3. The Hall–Kier alpha value is -2.42. The van der Waals surface area contributed by atoms with Gasteiger partial charge in [-0.2, -0.15) is 18.2 Å². The molecule has 1 aliphatic heterocycles. The van der Waals surface area contributed by atoms with E-state index in [1.165, 1.54) is 6.07 Å². The fourth-order valence-corrected chi connectivity index (χ4v) is 3.85. The van der Waals surface area contributed by atoms with Crippen molar-refractivity contribution in [1.82, 2.24) is 19.9 Å². The molecular formula is C21H27F3N4O2. The highest BCUT2D eigenvalue weighted by Gasteiger charge is 2.31. The summed E-state index contributed by atoms with van der Waals surface area (Å²) in [4.78, 5) is 20.9. The van der Waals surface area contributed by atoms with Crippen LogP contribution in [0.5, 0.6) is 0 Å². The lowest BCUT2D eigenvalue weighted by molar-refractivity contribution is -0.138. The molecule has 0 bridgehead atoms. The minimum absolute atomic E-state index is 0.0360. The van der Waals surface area contributed by atoms with Crippen molar-refractivity contribution in [2.45, 2.75) is 45.8 Å². The van der Waals surface area contributed by atoms with Gasteiger partial charge in [0.1, 0.15) is 0 Å². The summed E-state index contributed by atoms with van der Waals surface area (Å²) in [5.41, 5.74) is -0.221. The summed E-state index contributed by atoms with van der Waals surface area (Å²) >= 11 is 0. The molecule has 0 spiro atoms. The third-order valence-electron chi connectivity index (χ3n) is 5.42. The molecule has 1 aromatic carbocycles. The van der Waals surface area contributed by atoms with Crippen molar-refractivity contribution in [3.63, 3.8) is 0 Å². The van der Waals surface area contributed by atoms with Gasteiger partial charge in [0.15, 0.2) is 5.82 Å². The number of benzene rings is 1. The molecule has 3 rings (SSSR count). The molecular weight excluding hydrogens is 397 g/mol. The number of hydrogen-bond donors (Lipinski definition) is 0. The normalized spacial score (nSPS) is 17.8. The summed E-state index contributed by atoms with van der Waals surface area (Å²) in [6.07, 6.45) is -2.43. The molecule has 30 heavy (non-hydrogen) atoms. The molecule has 0 N–H and O–H groups in total. The van der Waals surface area contributed by atoms with E-state index in [0.717, 1.165) is 31.5 Å². The average Bonchev–Trinajstić information content (AvgIpc) is 3.15. The number of carbonyl (C=O) groups is 1. The zero-order valence-electron chi connectivity index (χ0n) is 17.3. The summed E-state index contributed by atoms with van der Waals surface area (Å²) in [6, 6.07) is 5.13. The molecule has 2 heterocycles. The number of hydrogen-bond acceptors (Lipinski definition) is 5. The van der Waals surface area contributed by atoms with Gasteiger partial charge in [-0.15, -0.1) is 0 Å². The molecule has 1 aromatic heterocycles. The van der Waals surface area contributed by atoms with Crippen LogP contribution in [-0.2, 0) is 23.9 Å². The summed E-state index contributed by atoms with van der Waals surface area (Å²) in [5.74, 6) is 0.900. The number of carbonyl (C=O) groups excluding carboxylic acids is 1. The number of aromatic nitrogens is 2. The average molecular weight is 424 g/mol. The van der Waals surface area contributed by atoms with Gasteiger partial charge in [-0.05, 0) is 44.9 Å². The molecule has 6 nitrogen and oxygen atoms in total. The minimum Gasteiger partial charge on any atom is -0.343 e. The van der Waals surface area contributed by atoms with E-state index in [9.17, 15) is 18.0 Å². The second-order valence-corrected chi connectivity index (χ2v) is 7.56. The minimum atomic E-state index is -4.38. The van der Waals surface area contributed by atoms with E-state index < -0.39 is 11.7 Å². The molecule has 0 radical (unpaired) electrons. The van der Waals surface area contributed by atoms with Crippen molar-refractivity contribution < 1.29 is 22.5 Å². The van der Waals surface area contributed by atoms with E-state index >= 15 is 0 Å². The topological polar surface area (TPSA) is 62.5 Å². The van der Waals surface area contributed by atoms with Crippen LogP contribution in [0, 0.1) is 5.92 Å². The van der Waals surface area contributed by atoms with Crippen LogP contribution in [0.3, 0.4) is 0 Å². The van der Waals surface area contributed by atoms with E-state index in [1.54, 1.807) is 6.07 Å². The van der Waals surface area contributed by atoms with Crippen molar-refractivity contribution >= 4 is 5.91 Å². The second-order valence-electron chi connectivity index (χ2n) is 7.56. The van der Waals surface area contributed by atoms with Gasteiger partial charge in [-0.1, -0.05) is 23.4 Å². The van der Waals surface area contributed by atoms with E-state index in [-0.39, 0.29) is 18.2 Å². The van der Waals surface area contributed by atoms with Crippen LogP contribution in [0.2, 0.25) is 0 Å². The van der Waals surface area contributed by atoms with Gasteiger partial charge in [-0.25, -0.2) is 0 Å². The first-order chi connectivity index (χ1) is 14.3. The Bertz CT molecular complexity index is 849. The fraction of sp³-hybridized carbons (Fsp3) is 0.571. The Kier molecular flexibility index (Phi) is 7.12. The van der Waals surface area contributed by atoms with Gasteiger partial charge in [0.05, 0.1) is 18.0 Å². The third-order valence-corrected chi connectivity index (χ3v) is 5.42. The van der Waals surface area contributed by atoms with Crippen LogP contribution in [0.15, 0.2) is 28.8 Å². The summed E-state index contributed by atoms with van der Waals surface area (Å²) in [6.45, 7) is 7.27. The molecule has 0 saturated carbocycles. The molecule has 9 heteroatoms. The summed E-state index contributed by atoms with van der Waals surface area (Å²) < 4.78 is 43.9. The molecule has 1 saturated heterocycles. The Morgan fingerprint density at radius 1 is 1.30 bits per heavy atom. The van der Waals surface area contributed by atoms with Crippen molar-refractivity contribution in [2.75, 3.05) is 26.2 Å². The SMILES string of the molecule is CCN(CC)C(=O)[C@@H]1CCCN(Cc2nc(Cc3cccc(C(F)(F)F)c3)no2)C1. The maximum Gasteiger partial charge on any atom is 0.416 e. The standard InChI is InChI=1S/C21H27F3N4O2/c1-3-28(4-2)20(29)16-8-6-10-27(13-16)14-19-25-18(26-30-19)12-15-7-5-9-17(11-15)21(22,23)24/h5,7,9,11,16H,3-4,6,8,10,12-14H2,1-2H3/t16-/m1/s1. The van der Waals surface area contributed by atoms with E-state index in [1.807, 2.05) is 18.7 Å². The van der Waals surface area contributed by atoms with Crippen LogP contribution in [0.25, 0.3) is 0 Å². The van der Waals surface area contributed by atoms with Gasteiger partial charge in [0, 0.05) is 26.1 Å². The molecule has 1 atom stereocenters. The molecule has 164 valence electrons. The number of amides is 1. The van der Waals surface area contributed by atoms with Crippen LogP contribution in [-0.4, -0.2) is 52.0 Å². The smallest absolute Gasteiger partial charge is 0.343 e. The van der Waals surface area contributed by atoms with Crippen molar-refractivity contribution in [2.24, 2.45) is 5.92 Å². The maximum absolute atomic E-state index is 12.9. The highest BCUT2D eigenvalue weighted by molar-refractivity contribution is 5.79. The van der Waals surface area contributed by atoms with Gasteiger partial charge in [-0.3, -0.25) is 9.69 Å².